The third kappa shape index (κ3) is 7.09. The van der Waals surface area contributed by atoms with Crippen LogP contribution >= 0.6 is 0 Å². The number of rotatable bonds is 12. The molecule has 2 heterocycles. The predicted octanol–water partition coefficient (Wildman–Crippen LogP) is 3.50. The van der Waals surface area contributed by atoms with Crippen molar-refractivity contribution >= 4 is 11.6 Å². The third-order valence-electron chi connectivity index (χ3n) is 7.34. The van der Waals surface area contributed by atoms with E-state index >= 15 is 0 Å². The number of methoxy groups -OCH3 is 1. The topological polar surface area (TPSA) is 72.1 Å². The Morgan fingerprint density at radius 1 is 1.26 bits per heavy atom. The lowest BCUT2D eigenvalue weighted by molar-refractivity contribution is -0.130. The van der Waals surface area contributed by atoms with Gasteiger partial charge in [0.15, 0.2) is 0 Å². The average Bonchev–Trinajstić information content (AvgIpc) is 3.67. The zero-order valence-corrected chi connectivity index (χ0v) is 21.2. The second-order valence-electron chi connectivity index (χ2n) is 10.8. The molecule has 1 aromatic rings. The molecule has 0 spiro atoms. The number of nitrogens with one attached hydrogen (secondary N) is 2. The molecule has 0 radical (unpaired) electrons. The number of piperidine rings is 1. The molecule has 1 saturated heterocycles. The first-order valence-electron chi connectivity index (χ1n) is 13.1. The Morgan fingerprint density at radius 2 is 2.12 bits per heavy atom. The molecule has 3 aliphatic rings. The molecule has 0 unspecified atom stereocenters. The molecular weight excluding hydrogens is 430 g/mol. The van der Waals surface area contributed by atoms with Crippen molar-refractivity contribution < 1.29 is 19.0 Å². The molecule has 1 aromatic carbocycles. The molecule has 4 rings (SSSR count). The van der Waals surface area contributed by atoms with Gasteiger partial charge in [-0.2, -0.15) is 0 Å². The number of benzene rings is 1. The monoisotopic (exact) mass is 473 g/mol. The van der Waals surface area contributed by atoms with Gasteiger partial charge in [0.1, 0.15) is 12.4 Å². The molecule has 7 heteroatoms. The van der Waals surface area contributed by atoms with Crippen LogP contribution in [0.4, 0.5) is 5.69 Å². The molecule has 1 amide bonds. The van der Waals surface area contributed by atoms with Crippen molar-refractivity contribution in [2.24, 2.45) is 11.3 Å². The molecule has 1 saturated carbocycles. The van der Waals surface area contributed by atoms with Gasteiger partial charge in [-0.05, 0) is 62.1 Å². The van der Waals surface area contributed by atoms with Crippen molar-refractivity contribution in [1.82, 2.24) is 10.6 Å². The van der Waals surface area contributed by atoms with Crippen molar-refractivity contribution in [3.05, 3.63) is 23.8 Å². The lowest BCUT2D eigenvalue weighted by atomic mass is 9.82. The van der Waals surface area contributed by atoms with Gasteiger partial charge in [0.2, 0.25) is 5.91 Å². The number of carbonyl (C=O) groups excluding carboxylic acids is 1. The Morgan fingerprint density at radius 3 is 2.85 bits per heavy atom. The molecule has 1 aliphatic carbocycles. The van der Waals surface area contributed by atoms with Gasteiger partial charge in [0.25, 0.3) is 0 Å². The number of nitrogens with zero attached hydrogens (tertiary/aromatic N) is 1. The van der Waals surface area contributed by atoms with Crippen LogP contribution in [0.15, 0.2) is 18.2 Å². The maximum atomic E-state index is 12.6. The first-order chi connectivity index (χ1) is 16.4. The normalized spacial score (nSPS) is 22.7. The van der Waals surface area contributed by atoms with E-state index in [0.717, 1.165) is 76.5 Å². The largest absolute Gasteiger partial charge is 0.490 e. The Hall–Kier alpha value is -1.83. The van der Waals surface area contributed by atoms with E-state index in [9.17, 15) is 4.79 Å². The lowest BCUT2D eigenvalue weighted by Gasteiger charge is -2.35. The molecule has 2 aliphatic heterocycles. The predicted molar refractivity (Wildman–Crippen MR) is 134 cm³/mol. The van der Waals surface area contributed by atoms with Crippen LogP contribution in [0, 0.1) is 11.3 Å². The standard InChI is InChI=1S/C27H43N3O4/c1-27(2,26(31)29-17-20-5-6-20)16-22-8-9-23(18-28-22)34-19-21-7-10-25-24(15-21)30(12-14-33-25)11-4-13-32-3/h7,10,15,20,22-23,28H,4-6,8-9,11-14,16-19H2,1-3H3,(H,29,31)/t22-,23+/m0/s1. The molecule has 0 bridgehead atoms. The molecule has 2 N–H and O–H groups in total. The maximum absolute atomic E-state index is 12.6. The van der Waals surface area contributed by atoms with E-state index in [2.05, 4.69) is 47.6 Å². The van der Waals surface area contributed by atoms with Gasteiger partial charge in [0, 0.05) is 44.8 Å². The van der Waals surface area contributed by atoms with E-state index in [1.807, 2.05) is 0 Å². The summed E-state index contributed by atoms with van der Waals surface area (Å²) in [5, 5.41) is 6.78. The fourth-order valence-electron chi connectivity index (χ4n) is 4.97. The summed E-state index contributed by atoms with van der Waals surface area (Å²) in [6, 6.07) is 6.76. The van der Waals surface area contributed by atoms with Gasteiger partial charge in [0.05, 0.1) is 24.9 Å². The van der Waals surface area contributed by atoms with E-state index in [1.54, 1.807) is 7.11 Å². The lowest BCUT2D eigenvalue weighted by Crippen LogP contribution is -2.47. The van der Waals surface area contributed by atoms with Crippen molar-refractivity contribution in [3.8, 4) is 5.75 Å². The van der Waals surface area contributed by atoms with Crippen molar-refractivity contribution in [3.63, 3.8) is 0 Å². The molecule has 7 nitrogen and oxygen atoms in total. The van der Waals surface area contributed by atoms with Crippen LogP contribution in [0.25, 0.3) is 0 Å². The van der Waals surface area contributed by atoms with E-state index in [4.69, 9.17) is 14.2 Å². The summed E-state index contributed by atoms with van der Waals surface area (Å²) in [5.74, 6) is 1.86. The van der Waals surface area contributed by atoms with Crippen LogP contribution < -0.4 is 20.3 Å². The van der Waals surface area contributed by atoms with Crippen molar-refractivity contribution in [1.29, 1.82) is 0 Å². The first-order valence-corrected chi connectivity index (χ1v) is 13.1. The van der Waals surface area contributed by atoms with E-state index < -0.39 is 0 Å². The summed E-state index contributed by atoms with van der Waals surface area (Å²) in [4.78, 5) is 15.0. The number of hydrogen-bond donors (Lipinski definition) is 2. The summed E-state index contributed by atoms with van der Waals surface area (Å²) >= 11 is 0. The van der Waals surface area contributed by atoms with Crippen LogP contribution in [0.5, 0.6) is 5.75 Å². The highest BCUT2D eigenvalue weighted by Crippen LogP contribution is 2.33. The van der Waals surface area contributed by atoms with Crippen LogP contribution in [0.2, 0.25) is 0 Å². The maximum Gasteiger partial charge on any atom is 0.225 e. The number of hydrogen-bond acceptors (Lipinski definition) is 6. The minimum atomic E-state index is -0.347. The minimum Gasteiger partial charge on any atom is -0.490 e. The second kappa shape index (κ2) is 11.7. The van der Waals surface area contributed by atoms with Gasteiger partial charge in [-0.1, -0.05) is 19.9 Å². The third-order valence-corrected chi connectivity index (χ3v) is 7.34. The second-order valence-corrected chi connectivity index (χ2v) is 10.8. The van der Waals surface area contributed by atoms with E-state index in [1.165, 1.54) is 18.4 Å². The Bertz CT molecular complexity index is 803. The summed E-state index contributed by atoms with van der Waals surface area (Å²) in [5.41, 5.74) is 1.99. The highest BCUT2D eigenvalue weighted by Gasteiger charge is 2.34. The Labute approximate surface area is 204 Å². The van der Waals surface area contributed by atoms with Crippen LogP contribution in [0.3, 0.4) is 0 Å². The van der Waals surface area contributed by atoms with Gasteiger partial charge in [-0.25, -0.2) is 0 Å². The highest BCUT2D eigenvalue weighted by atomic mass is 16.5. The average molecular weight is 474 g/mol. The number of ether oxygens (including phenoxy) is 3. The highest BCUT2D eigenvalue weighted by molar-refractivity contribution is 5.81. The Kier molecular flexibility index (Phi) is 8.72. The molecule has 190 valence electrons. The van der Waals surface area contributed by atoms with Crippen LogP contribution in [-0.2, 0) is 20.9 Å². The summed E-state index contributed by atoms with van der Waals surface area (Å²) in [7, 11) is 1.75. The molecule has 2 fully saturated rings. The summed E-state index contributed by atoms with van der Waals surface area (Å²) in [6.07, 6.45) is 6.65. The van der Waals surface area contributed by atoms with Crippen molar-refractivity contribution in [2.75, 3.05) is 51.4 Å². The first kappa shape index (κ1) is 25.3. The van der Waals surface area contributed by atoms with Gasteiger partial charge >= 0.3 is 0 Å². The van der Waals surface area contributed by atoms with Crippen LogP contribution in [-0.4, -0.2) is 64.6 Å². The molecule has 2 atom stereocenters. The molecule has 0 aromatic heterocycles. The Balaban J connectivity index is 1.21. The fraction of sp³-hybridized carbons (Fsp3) is 0.741. The number of fused-ring (bicyclic) bond motifs is 1. The zero-order chi connectivity index (χ0) is 24.0. The molecule has 34 heavy (non-hydrogen) atoms. The minimum absolute atomic E-state index is 0.187. The number of anilines is 1. The molecular formula is C27H43N3O4. The van der Waals surface area contributed by atoms with Gasteiger partial charge in [-0.3, -0.25) is 4.79 Å². The van der Waals surface area contributed by atoms with Crippen LogP contribution in [0.1, 0.15) is 57.9 Å². The van der Waals surface area contributed by atoms with Gasteiger partial charge in [-0.15, -0.1) is 0 Å². The summed E-state index contributed by atoms with van der Waals surface area (Å²) in [6.45, 7) is 9.79. The van der Waals surface area contributed by atoms with E-state index in [0.29, 0.717) is 18.6 Å². The number of carbonyl (C=O) groups is 1. The fourth-order valence-corrected chi connectivity index (χ4v) is 4.97. The summed E-state index contributed by atoms with van der Waals surface area (Å²) < 4.78 is 17.3. The van der Waals surface area contributed by atoms with E-state index in [-0.39, 0.29) is 17.4 Å². The van der Waals surface area contributed by atoms with Gasteiger partial charge < -0.3 is 29.7 Å². The number of amides is 1. The quantitative estimate of drug-likeness (QED) is 0.453. The van der Waals surface area contributed by atoms with Crippen molar-refractivity contribution in [2.45, 2.75) is 71.1 Å². The SMILES string of the molecule is COCCCN1CCOc2ccc(CO[C@@H]3CC[C@@H](CC(C)(C)C(=O)NCC4CC4)NC3)cc21. The zero-order valence-electron chi connectivity index (χ0n) is 21.2. The smallest absolute Gasteiger partial charge is 0.225 e.